The molecule has 0 unspecified atom stereocenters. The van der Waals surface area contributed by atoms with Gasteiger partial charge in [-0.1, -0.05) is 0 Å². The summed E-state index contributed by atoms with van der Waals surface area (Å²) >= 11 is 1.42. The fourth-order valence-corrected chi connectivity index (χ4v) is 1.59. The molecule has 0 amide bonds. The molecule has 0 aliphatic rings. The highest BCUT2D eigenvalue weighted by Gasteiger charge is 2.37. The zero-order valence-electron chi connectivity index (χ0n) is 6.61. The van der Waals surface area contributed by atoms with E-state index in [1.807, 2.05) is 0 Å². The van der Waals surface area contributed by atoms with Gasteiger partial charge in [-0.25, -0.2) is 9.37 Å². The number of ether oxygens (including phenoxy) is 1. The molecule has 7 heteroatoms. The number of hydrogen-bond acceptors (Lipinski definition) is 2. The highest BCUT2D eigenvalue weighted by molar-refractivity contribution is 14.1. The number of aromatic nitrogens is 1. The van der Waals surface area contributed by atoms with Crippen LogP contribution in [0.2, 0.25) is 0 Å². The summed E-state index contributed by atoms with van der Waals surface area (Å²) in [6.07, 6.45) is -3.46. The van der Waals surface area contributed by atoms with Crippen LogP contribution in [0.5, 0.6) is 5.75 Å². The van der Waals surface area contributed by atoms with Crippen LogP contribution in [0.25, 0.3) is 0 Å². The number of halogens is 5. The topological polar surface area (TPSA) is 22.1 Å². The van der Waals surface area contributed by atoms with Gasteiger partial charge in [0.15, 0.2) is 0 Å². The molecular formula is C7H4F4INO. The second-order valence-corrected chi connectivity index (χ2v) is 3.25. The third kappa shape index (κ3) is 2.46. The quantitative estimate of drug-likeness (QED) is 0.475. The maximum absolute atomic E-state index is 12.4. The Morgan fingerprint density at radius 2 is 2.07 bits per heavy atom. The summed E-state index contributed by atoms with van der Waals surface area (Å²) in [4.78, 5) is 3.45. The van der Waals surface area contributed by atoms with Crippen LogP contribution < -0.4 is 4.74 Å². The fraction of sp³-hybridized carbons (Fsp3) is 0.286. The molecule has 0 aliphatic carbocycles. The van der Waals surface area contributed by atoms with Crippen LogP contribution in [0.1, 0.15) is 5.56 Å². The van der Waals surface area contributed by atoms with Crippen molar-refractivity contribution < 1.29 is 22.3 Å². The number of rotatable bonds is 2. The van der Waals surface area contributed by atoms with Gasteiger partial charge in [0.2, 0.25) is 6.86 Å². The summed E-state index contributed by atoms with van der Waals surface area (Å²) in [6.45, 7) is -1.30. The van der Waals surface area contributed by atoms with E-state index in [1.165, 1.54) is 22.6 Å². The monoisotopic (exact) mass is 321 g/mol. The molecule has 0 saturated carbocycles. The molecule has 0 atom stereocenters. The molecule has 1 heterocycles. The van der Waals surface area contributed by atoms with E-state index in [2.05, 4.69) is 9.72 Å². The molecule has 0 spiro atoms. The Kier molecular flexibility index (Phi) is 3.51. The van der Waals surface area contributed by atoms with Gasteiger partial charge in [0.05, 0.1) is 0 Å². The standard InChI is InChI=1S/C7H4F4INO/c8-3-14-4-1-2-13-6(12)5(4)7(9,10)11/h1-2H,3H2. The van der Waals surface area contributed by atoms with E-state index < -0.39 is 24.3 Å². The smallest absolute Gasteiger partial charge is 0.422 e. The van der Waals surface area contributed by atoms with Crippen LogP contribution in [0.15, 0.2) is 12.3 Å². The molecule has 0 N–H and O–H groups in total. The molecule has 2 nitrogen and oxygen atoms in total. The van der Waals surface area contributed by atoms with Gasteiger partial charge in [0.1, 0.15) is 15.0 Å². The molecule has 1 rings (SSSR count). The van der Waals surface area contributed by atoms with E-state index in [9.17, 15) is 17.6 Å². The highest BCUT2D eigenvalue weighted by atomic mass is 127. The van der Waals surface area contributed by atoms with Crippen LogP contribution in [-0.2, 0) is 6.18 Å². The molecule has 14 heavy (non-hydrogen) atoms. The number of nitrogens with zero attached hydrogens (tertiary/aromatic N) is 1. The third-order valence-corrected chi connectivity index (χ3v) is 2.18. The summed E-state index contributed by atoms with van der Waals surface area (Å²) in [5.41, 5.74) is -1.04. The van der Waals surface area contributed by atoms with E-state index in [0.717, 1.165) is 12.3 Å². The summed E-state index contributed by atoms with van der Waals surface area (Å²) in [6, 6.07) is 0.977. The molecule has 1 aromatic rings. The first-order valence-electron chi connectivity index (χ1n) is 3.37. The Balaban J connectivity index is 3.22. The zero-order valence-corrected chi connectivity index (χ0v) is 8.76. The van der Waals surface area contributed by atoms with Crippen molar-refractivity contribution in [3.8, 4) is 5.75 Å². The molecule has 0 fully saturated rings. The molecule has 0 aromatic carbocycles. The van der Waals surface area contributed by atoms with E-state index in [4.69, 9.17) is 0 Å². The van der Waals surface area contributed by atoms with Gasteiger partial charge in [-0.3, -0.25) is 0 Å². The van der Waals surface area contributed by atoms with Crippen molar-refractivity contribution in [1.29, 1.82) is 0 Å². The molecule has 0 bridgehead atoms. The SMILES string of the molecule is FCOc1ccnc(I)c1C(F)(F)F. The van der Waals surface area contributed by atoms with Crippen LogP contribution in [0.3, 0.4) is 0 Å². The van der Waals surface area contributed by atoms with E-state index >= 15 is 0 Å². The first-order chi connectivity index (χ1) is 6.46. The molecular weight excluding hydrogens is 317 g/mol. The molecule has 1 aromatic heterocycles. The van der Waals surface area contributed by atoms with Crippen LogP contribution in [-0.4, -0.2) is 11.8 Å². The molecule has 0 aliphatic heterocycles. The van der Waals surface area contributed by atoms with E-state index in [0.29, 0.717) is 0 Å². The summed E-state index contributed by atoms with van der Waals surface area (Å²) < 4.78 is 52.9. The van der Waals surface area contributed by atoms with Crippen molar-refractivity contribution in [1.82, 2.24) is 4.98 Å². The highest BCUT2D eigenvalue weighted by Crippen LogP contribution is 2.38. The average molecular weight is 321 g/mol. The van der Waals surface area contributed by atoms with Crippen LogP contribution in [0, 0.1) is 3.70 Å². The first kappa shape index (κ1) is 11.5. The minimum atomic E-state index is -4.59. The summed E-state index contributed by atoms with van der Waals surface area (Å²) in [5, 5.41) is 0. The average Bonchev–Trinajstić information content (AvgIpc) is 2.02. The van der Waals surface area contributed by atoms with Crippen molar-refractivity contribution in [2.45, 2.75) is 6.18 Å². The summed E-state index contributed by atoms with van der Waals surface area (Å²) in [7, 11) is 0. The number of pyridine rings is 1. The third-order valence-electron chi connectivity index (χ3n) is 1.36. The lowest BCUT2D eigenvalue weighted by atomic mass is 10.2. The maximum atomic E-state index is 12.4. The molecule has 0 radical (unpaired) electrons. The van der Waals surface area contributed by atoms with Crippen LogP contribution in [0.4, 0.5) is 17.6 Å². The van der Waals surface area contributed by atoms with Crippen molar-refractivity contribution in [3.05, 3.63) is 21.5 Å². The van der Waals surface area contributed by atoms with Gasteiger partial charge in [0, 0.05) is 6.20 Å². The molecule has 78 valence electrons. The lowest BCUT2D eigenvalue weighted by molar-refractivity contribution is -0.140. The predicted octanol–water partition coefficient (Wildman–Crippen LogP) is 3.01. The maximum Gasteiger partial charge on any atom is 0.422 e. The Morgan fingerprint density at radius 1 is 1.43 bits per heavy atom. The van der Waals surface area contributed by atoms with Crippen molar-refractivity contribution in [3.63, 3.8) is 0 Å². The summed E-state index contributed by atoms with van der Waals surface area (Å²) in [5.74, 6) is -0.542. The largest absolute Gasteiger partial charge is 0.462 e. The lowest BCUT2D eigenvalue weighted by Crippen LogP contribution is -2.11. The Bertz CT molecular complexity index is 328. The van der Waals surface area contributed by atoms with Gasteiger partial charge in [-0.2, -0.15) is 13.2 Å². The Hall–Kier alpha value is -0.600. The van der Waals surface area contributed by atoms with Gasteiger partial charge in [0.25, 0.3) is 0 Å². The van der Waals surface area contributed by atoms with Gasteiger partial charge in [-0.15, -0.1) is 0 Å². The second kappa shape index (κ2) is 4.28. The zero-order chi connectivity index (χ0) is 10.8. The van der Waals surface area contributed by atoms with Crippen molar-refractivity contribution >= 4 is 22.6 Å². The minimum Gasteiger partial charge on any atom is -0.462 e. The van der Waals surface area contributed by atoms with Crippen molar-refractivity contribution in [2.24, 2.45) is 0 Å². The lowest BCUT2D eigenvalue weighted by Gasteiger charge is -2.12. The predicted molar refractivity (Wildman–Crippen MR) is 48.6 cm³/mol. The number of alkyl halides is 4. The van der Waals surface area contributed by atoms with Crippen LogP contribution >= 0.6 is 22.6 Å². The second-order valence-electron chi connectivity index (χ2n) is 2.23. The van der Waals surface area contributed by atoms with E-state index in [1.54, 1.807) is 0 Å². The van der Waals surface area contributed by atoms with Gasteiger partial charge >= 0.3 is 6.18 Å². The normalized spacial score (nSPS) is 11.5. The first-order valence-corrected chi connectivity index (χ1v) is 4.45. The van der Waals surface area contributed by atoms with E-state index in [-0.39, 0.29) is 3.70 Å². The Labute approximate surface area is 90.4 Å². The minimum absolute atomic E-state index is 0.263. The fourth-order valence-electron chi connectivity index (χ4n) is 0.856. The van der Waals surface area contributed by atoms with Gasteiger partial charge in [-0.05, 0) is 28.7 Å². The number of hydrogen-bond donors (Lipinski definition) is 0. The van der Waals surface area contributed by atoms with Crippen molar-refractivity contribution in [2.75, 3.05) is 6.86 Å². The molecule has 0 saturated heterocycles. The Morgan fingerprint density at radius 3 is 2.57 bits per heavy atom. The van der Waals surface area contributed by atoms with Gasteiger partial charge < -0.3 is 4.74 Å².